The molecular formula is C31H30OS6Si. The molecule has 0 saturated carbocycles. The van der Waals surface area contributed by atoms with Crippen LogP contribution in [0.5, 0.6) is 0 Å². The van der Waals surface area contributed by atoms with Crippen molar-refractivity contribution in [2.75, 3.05) is 6.61 Å². The van der Waals surface area contributed by atoms with E-state index in [1.54, 1.807) is 0 Å². The van der Waals surface area contributed by atoms with Crippen LogP contribution in [0.3, 0.4) is 0 Å². The monoisotopic (exact) mass is 638 g/mol. The number of hydrogen-bond acceptors (Lipinski definition) is 7. The van der Waals surface area contributed by atoms with Gasteiger partial charge in [0.15, 0.2) is 8.32 Å². The molecule has 39 heavy (non-hydrogen) atoms. The second-order valence-corrected chi connectivity index (χ2v) is 20.7. The predicted octanol–water partition coefficient (Wildman–Crippen LogP) is 12.6. The van der Waals surface area contributed by atoms with Gasteiger partial charge in [-0.25, -0.2) is 0 Å². The summed E-state index contributed by atoms with van der Waals surface area (Å²) in [5.41, 5.74) is 0. The zero-order chi connectivity index (χ0) is 26.8. The van der Waals surface area contributed by atoms with Gasteiger partial charge in [0.25, 0.3) is 0 Å². The number of thiophene rings is 6. The first-order valence-electron chi connectivity index (χ1n) is 13.1. The maximum atomic E-state index is 6.00. The standard InChI is InChI=1S/C31H30OS6Si/c1-4-32-39(2,3)20-6-7-21-9-10-24(34-21)25-13-14-28(36-25)29-17-18-31(38-29)30-16-15-27(37-30)26-12-11-23(35-26)22-8-5-19-33-22/h5,8-19H,4,6-7,20H2,1-3H3. The molecule has 0 aromatic carbocycles. The minimum atomic E-state index is -1.49. The molecule has 6 aromatic rings. The Morgan fingerprint density at radius 3 is 1.44 bits per heavy atom. The van der Waals surface area contributed by atoms with Gasteiger partial charge in [-0.2, -0.15) is 0 Å². The van der Waals surface area contributed by atoms with Crippen LogP contribution in [0.1, 0.15) is 18.2 Å². The second kappa shape index (κ2) is 12.1. The summed E-state index contributed by atoms with van der Waals surface area (Å²) in [4.78, 5) is 15.1. The van der Waals surface area contributed by atoms with E-state index in [1.165, 1.54) is 66.1 Å². The summed E-state index contributed by atoms with van der Waals surface area (Å²) in [5, 5.41) is 2.15. The van der Waals surface area contributed by atoms with Crippen molar-refractivity contribution in [2.24, 2.45) is 0 Å². The lowest BCUT2D eigenvalue weighted by atomic mass is 10.3. The molecule has 0 radical (unpaired) electrons. The van der Waals surface area contributed by atoms with Crippen LogP contribution in [-0.4, -0.2) is 14.9 Å². The van der Waals surface area contributed by atoms with Gasteiger partial charge < -0.3 is 4.43 Å². The highest BCUT2D eigenvalue weighted by Crippen LogP contribution is 2.45. The van der Waals surface area contributed by atoms with Gasteiger partial charge in [0.1, 0.15) is 0 Å². The van der Waals surface area contributed by atoms with Crippen LogP contribution in [0, 0.1) is 0 Å². The van der Waals surface area contributed by atoms with Crippen molar-refractivity contribution in [3.05, 3.63) is 83.1 Å². The Labute approximate surface area is 256 Å². The third-order valence-electron chi connectivity index (χ3n) is 6.56. The molecule has 0 aliphatic heterocycles. The minimum Gasteiger partial charge on any atom is -0.418 e. The fourth-order valence-electron chi connectivity index (χ4n) is 4.63. The Balaban J connectivity index is 1.11. The van der Waals surface area contributed by atoms with Crippen LogP contribution < -0.4 is 0 Å². The van der Waals surface area contributed by atoms with E-state index < -0.39 is 8.32 Å². The fourth-order valence-corrected chi connectivity index (χ4v) is 12.8. The molecule has 0 amide bonds. The van der Waals surface area contributed by atoms with Crippen molar-refractivity contribution in [1.82, 2.24) is 0 Å². The summed E-state index contributed by atoms with van der Waals surface area (Å²) in [6.07, 6.45) is 2.38. The molecule has 0 bridgehead atoms. The van der Waals surface area contributed by atoms with Crippen LogP contribution in [0.2, 0.25) is 19.1 Å². The molecule has 0 saturated heterocycles. The Bertz CT molecular complexity index is 1640. The molecular weight excluding hydrogens is 609 g/mol. The molecule has 0 unspecified atom stereocenters. The lowest BCUT2D eigenvalue weighted by Gasteiger charge is -2.21. The van der Waals surface area contributed by atoms with Crippen molar-refractivity contribution in [3.63, 3.8) is 0 Å². The van der Waals surface area contributed by atoms with Crippen LogP contribution in [-0.2, 0) is 10.8 Å². The van der Waals surface area contributed by atoms with E-state index in [0.29, 0.717) is 0 Å². The largest absolute Gasteiger partial charge is 0.418 e. The summed E-state index contributed by atoms with van der Waals surface area (Å²) in [7, 11) is -1.49. The van der Waals surface area contributed by atoms with Crippen LogP contribution in [0.25, 0.3) is 48.8 Å². The molecule has 0 atom stereocenters. The normalized spacial score (nSPS) is 12.0. The van der Waals surface area contributed by atoms with Crippen molar-refractivity contribution in [3.8, 4) is 48.8 Å². The summed E-state index contributed by atoms with van der Waals surface area (Å²) in [6, 6.07) is 28.4. The molecule has 0 aliphatic carbocycles. The van der Waals surface area contributed by atoms with Crippen LogP contribution in [0.4, 0.5) is 0 Å². The van der Waals surface area contributed by atoms with E-state index in [-0.39, 0.29) is 0 Å². The van der Waals surface area contributed by atoms with Gasteiger partial charge in [-0.05, 0) is 111 Å². The van der Waals surface area contributed by atoms with Gasteiger partial charge in [-0.3, -0.25) is 0 Å². The highest BCUT2D eigenvalue weighted by atomic mass is 32.1. The highest BCUT2D eigenvalue weighted by molar-refractivity contribution is 7.30. The highest BCUT2D eigenvalue weighted by Gasteiger charge is 2.21. The fraction of sp³-hybridized carbons (Fsp3) is 0.226. The molecule has 6 rings (SSSR count). The predicted molar refractivity (Wildman–Crippen MR) is 183 cm³/mol. The third kappa shape index (κ3) is 6.49. The first-order chi connectivity index (χ1) is 19.0. The molecule has 0 N–H and O–H groups in total. The SMILES string of the molecule is CCO[Si](C)(C)CCCc1ccc(-c2ccc(-c3ccc(-c4ccc(-c5ccc(-c6cccs6)s5)s4)s3)s2)s1. The van der Waals surface area contributed by atoms with E-state index >= 15 is 0 Å². The van der Waals surface area contributed by atoms with E-state index in [1.807, 2.05) is 68.0 Å². The van der Waals surface area contributed by atoms with Crippen molar-refractivity contribution in [2.45, 2.75) is 38.9 Å². The molecule has 200 valence electrons. The quantitative estimate of drug-likeness (QED) is 0.128. The van der Waals surface area contributed by atoms with Crippen molar-refractivity contribution < 1.29 is 4.43 Å². The topological polar surface area (TPSA) is 9.23 Å². The maximum Gasteiger partial charge on any atom is 0.186 e. The Morgan fingerprint density at radius 1 is 0.564 bits per heavy atom. The summed E-state index contributed by atoms with van der Waals surface area (Å²) in [6.45, 7) is 7.62. The lowest BCUT2D eigenvalue weighted by Crippen LogP contribution is -2.29. The van der Waals surface area contributed by atoms with Crippen LogP contribution in [0.15, 0.2) is 78.2 Å². The van der Waals surface area contributed by atoms with Gasteiger partial charge in [0.2, 0.25) is 0 Å². The number of aryl methyl sites for hydroxylation is 1. The van der Waals surface area contributed by atoms with Crippen molar-refractivity contribution in [1.29, 1.82) is 0 Å². The van der Waals surface area contributed by atoms with Gasteiger partial charge in [-0.1, -0.05) is 6.07 Å². The molecule has 1 nitrogen and oxygen atoms in total. The van der Waals surface area contributed by atoms with E-state index in [2.05, 4.69) is 98.2 Å². The van der Waals surface area contributed by atoms with E-state index in [9.17, 15) is 0 Å². The Hall–Kier alpha value is -1.62. The Morgan fingerprint density at radius 2 is 1.00 bits per heavy atom. The molecule has 6 heterocycles. The zero-order valence-electron chi connectivity index (χ0n) is 22.2. The maximum absolute atomic E-state index is 6.00. The summed E-state index contributed by atoms with van der Waals surface area (Å²) < 4.78 is 6.00. The molecule has 0 aliphatic rings. The number of rotatable bonds is 11. The molecule has 0 fully saturated rings. The van der Waals surface area contributed by atoms with Crippen molar-refractivity contribution >= 4 is 76.3 Å². The smallest absolute Gasteiger partial charge is 0.186 e. The van der Waals surface area contributed by atoms with Gasteiger partial charge >= 0.3 is 0 Å². The van der Waals surface area contributed by atoms with E-state index in [0.717, 1.165) is 13.0 Å². The Kier molecular flexibility index (Phi) is 8.53. The second-order valence-electron chi connectivity index (χ2n) is 9.95. The zero-order valence-corrected chi connectivity index (χ0v) is 28.1. The van der Waals surface area contributed by atoms with Gasteiger partial charge in [0.05, 0.1) is 0 Å². The molecule has 6 aromatic heterocycles. The third-order valence-corrected chi connectivity index (χ3v) is 16.5. The summed E-state index contributed by atoms with van der Waals surface area (Å²) in [5.74, 6) is 0. The summed E-state index contributed by atoms with van der Waals surface area (Å²) >= 11 is 11.4. The lowest BCUT2D eigenvalue weighted by molar-refractivity contribution is 0.328. The molecule has 8 heteroatoms. The first-order valence-corrected chi connectivity index (χ1v) is 21.2. The number of hydrogen-bond donors (Lipinski definition) is 0. The average Bonchev–Trinajstić information content (AvgIpc) is 3.76. The average molecular weight is 639 g/mol. The van der Waals surface area contributed by atoms with E-state index in [4.69, 9.17) is 4.43 Å². The minimum absolute atomic E-state index is 0.843. The first kappa shape index (κ1) is 27.5. The van der Waals surface area contributed by atoms with Crippen LogP contribution >= 0.6 is 68.0 Å². The van der Waals surface area contributed by atoms with Gasteiger partial charge in [0, 0.05) is 60.3 Å². The molecule has 0 spiro atoms. The van der Waals surface area contributed by atoms with Gasteiger partial charge in [-0.15, -0.1) is 68.0 Å².